The Morgan fingerprint density at radius 1 is 1.00 bits per heavy atom. The summed E-state index contributed by atoms with van der Waals surface area (Å²) in [6.45, 7) is 0. The van der Waals surface area contributed by atoms with Gasteiger partial charge < -0.3 is 21.8 Å². The van der Waals surface area contributed by atoms with Gasteiger partial charge in [-0.3, -0.25) is 9.59 Å². The number of amides is 2. The number of aromatic amines is 1. The molecule has 0 aliphatic heterocycles. The van der Waals surface area contributed by atoms with Crippen molar-refractivity contribution in [1.29, 1.82) is 0 Å². The lowest BCUT2D eigenvalue weighted by molar-refractivity contribution is -0.128. The molecule has 0 fully saturated rings. The van der Waals surface area contributed by atoms with Crippen molar-refractivity contribution in [2.45, 2.75) is 24.9 Å². The predicted octanol–water partition coefficient (Wildman–Crippen LogP) is 1.25. The van der Waals surface area contributed by atoms with Crippen LogP contribution in [0.4, 0.5) is 0 Å². The molecule has 0 saturated carbocycles. The van der Waals surface area contributed by atoms with E-state index in [1.165, 1.54) is 0 Å². The van der Waals surface area contributed by atoms with Crippen molar-refractivity contribution >= 4 is 22.7 Å². The van der Waals surface area contributed by atoms with Gasteiger partial charge in [-0.15, -0.1) is 0 Å². The molecular formula is C20H22N4O2. The van der Waals surface area contributed by atoms with Gasteiger partial charge in [-0.1, -0.05) is 48.5 Å². The van der Waals surface area contributed by atoms with E-state index < -0.39 is 23.9 Å². The monoisotopic (exact) mass is 350 g/mol. The molecule has 6 heteroatoms. The Morgan fingerprint density at radius 3 is 2.42 bits per heavy atom. The molecule has 0 aliphatic rings. The second-order valence-electron chi connectivity index (χ2n) is 6.32. The Labute approximate surface area is 151 Å². The maximum atomic E-state index is 12.5. The van der Waals surface area contributed by atoms with Crippen molar-refractivity contribution < 1.29 is 9.59 Å². The topological polar surface area (TPSA) is 114 Å². The zero-order valence-corrected chi connectivity index (χ0v) is 14.3. The zero-order valence-electron chi connectivity index (χ0n) is 14.3. The molecule has 0 saturated heterocycles. The normalized spacial score (nSPS) is 13.3. The minimum Gasteiger partial charge on any atom is -0.368 e. The lowest BCUT2D eigenvalue weighted by Gasteiger charge is -2.18. The predicted molar refractivity (Wildman–Crippen MR) is 101 cm³/mol. The number of hydrogen-bond acceptors (Lipinski definition) is 3. The molecule has 6 N–H and O–H groups in total. The number of aromatic nitrogens is 1. The number of H-pyrrole nitrogens is 1. The summed E-state index contributed by atoms with van der Waals surface area (Å²) in [5, 5.41) is 3.71. The largest absolute Gasteiger partial charge is 0.368 e. The van der Waals surface area contributed by atoms with Crippen LogP contribution in [0.5, 0.6) is 0 Å². The molecule has 1 heterocycles. The SMILES string of the molecule is NC(=O)[C@H](Cc1ccccc1)NC(=O)[C@@H](N)Cc1c[nH]c2ccccc12. The number of primary amides is 1. The highest BCUT2D eigenvalue weighted by Gasteiger charge is 2.23. The quantitative estimate of drug-likeness (QED) is 0.514. The van der Waals surface area contributed by atoms with Crippen LogP contribution in [0.3, 0.4) is 0 Å². The summed E-state index contributed by atoms with van der Waals surface area (Å²) >= 11 is 0. The van der Waals surface area contributed by atoms with Crippen LogP contribution in [0.25, 0.3) is 10.9 Å². The van der Waals surface area contributed by atoms with Gasteiger partial charge in [0, 0.05) is 23.5 Å². The Kier molecular flexibility index (Phi) is 5.34. The lowest BCUT2D eigenvalue weighted by Crippen LogP contribution is -2.51. The smallest absolute Gasteiger partial charge is 0.240 e. The van der Waals surface area contributed by atoms with Crippen LogP contribution in [0.15, 0.2) is 60.8 Å². The molecule has 0 bridgehead atoms. The maximum absolute atomic E-state index is 12.5. The molecule has 1 aromatic heterocycles. The van der Waals surface area contributed by atoms with E-state index in [4.69, 9.17) is 11.5 Å². The second-order valence-corrected chi connectivity index (χ2v) is 6.32. The Balaban J connectivity index is 1.66. The van der Waals surface area contributed by atoms with Gasteiger partial charge >= 0.3 is 0 Å². The fourth-order valence-corrected chi connectivity index (χ4v) is 2.98. The van der Waals surface area contributed by atoms with Gasteiger partial charge in [0.25, 0.3) is 0 Å². The van der Waals surface area contributed by atoms with Crippen LogP contribution in [0.2, 0.25) is 0 Å². The highest BCUT2D eigenvalue weighted by molar-refractivity contribution is 5.90. The van der Waals surface area contributed by atoms with Crippen molar-refractivity contribution in [1.82, 2.24) is 10.3 Å². The van der Waals surface area contributed by atoms with Gasteiger partial charge in [0.05, 0.1) is 6.04 Å². The molecule has 3 aromatic rings. The zero-order chi connectivity index (χ0) is 18.5. The molecule has 0 unspecified atom stereocenters. The number of nitrogens with one attached hydrogen (secondary N) is 2. The number of rotatable bonds is 7. The third kappa shape index (κ3) is 4.10. The van der Waals surface area contributed by atoms with Crippen molar-refractivity contribution in [2.24, 2.45) is 11.5 Å². The Bertz CT molecular complexity index is 904. The van der Waals surface area contributed by atoms with Crippen LogP contribution in [0.1, 0.15) is 11.1 Å². The van der Waals surface area contributed by atoms with E-state index in [0.717, 1.165) is 22.0 Å². The van der Waals surface area contributed by atoms with Crippen molar-refractivity contribution in [2.75, 3.05) is 0 Å². The first-order chi connectivity index (χ1) is 12.5. The van der Waals surface area contributed by atoms with Gasteiger partial charge in [-0.25, -0.2) is 0 Å². The number of nitrogens with two attached hydrogens (primary N) is 2. The third-order valence-corrected chi connectivity index (χ3v) is 4.39. The fraction of sp³-hybridized carbons (Fsp3) is 0.200. The van der Waals surface area contributed by atoms with E-state index in [-0.39, 0.29) is 0 Å². The van der Waals surface area contributed by atoms with E-state index in [1.807, 2.05) is 60.8 Å². The standard InChI is InChI=1S/C20H22N4O2/c21-16(11-14-12-23-17-9-5-4-8-15(14)17)20(26)24-18(19(22)25)10-13-6-2-1-3-7-13/h1-9,12,16,18,23H,10-11,21H2,(H2,22,25)(H,24,26)/t16-,18-/m0/s1. The first kappa shape index (κ1) is 17.7. The Hall–Kier alpha value is -3.12. The molecule has 2 aromatic carbocycles. The Morgan fingerprint density at radius 2 is 1.69 bits per heavy atom. The van der Waals surface area contributed by atoms with Gasteiger partial charge in [0.15, 0.2) is 0 Å². The molecule has 2 atom stereocenters. The molecule has 26 heavy (non-hydrogen) atoms. The van der Waals surface area contributed by atoms with E-state index in [1.54, 1.807) is 0 Å². The van der Waals surface area contributed by atoms with Gasteiger partial charge in [-0.05, 0) is 23.6 Å². The van der Waals surface area contributed by atoms with Gasteiger partial charge in [0.2, 0.25) is 11.8 Å². The average Bonchev–Trinajstić information content (AvgIpc) is 3.05. The number of carbonyl (C=O) groups is 2. The molecule has 0 aliphatic carbocycles. The van der Waals surface area contributed by atoms with Crippen LogP contribution in [0, 0.1) is 0 Å². The summed E-state index contributed by atoms with van der Waals surface area (Å²) in [6.07, 6.45) is 2.56. The lowest BCUT2D eigenvalue weighted by atomic mass is 10.0. The van der Waals surface area contributed by atoms with Crippen molar-refractivity contribution in [3.8, 4) is 0 Å². The van der Waals surface area contributed by atoms with E-state index in [9.17, 15) is 9.59 Å². The minimum absolute atomic E-state index is 0.335. The molecule has 3 rings (SSSR count). The molecular weight excluding hydrogens is 328 g/mol. The fourth-order valence-electron chi connectivity index (χ4n) is 2.98. The van der Waals surface area contributed by atoms with Crippen LogP contribution < -0.4 is 16.8 Å². The minimum atomic E-state index is -0.793. The highest BCUT2D eigenvalue weighted by atomic mass is 16.2. The summed E-state index contributed by atoms with van der Waals surface area (Å²) < 4.78 is 0. The second kappa shape index (κ2) is 7.84. The van der Waals surface area contributed by atoms with Gasteiger partial charge in [-0.2, -0.15) is 0 Å². The van der Waals surface area contributed by atoms with Crippen LogP contribution in [-0.4, -0.2) is 28.9 Å². The highest BCUT2D eigenvalue weighted by Crippen LogP contribution is 2.18. The molecule has 6 nitrogen and oxygen atoms in total. The summed E-state index contributed by atoms with van der Waals surface area (Å²) in [4.78, 5) is 27.3. The molecule has 134 valence electrons. The van der Waals surface area contributed by atoms with Crippen LogP contribution >= 0.6 is 0 Å². The van der Waals surface area contributed by atoms with Crippen LogP contribution in [-0.2, 0) is 22.4 Å². The van der Waals surface area contributed by atoms with E-state index >= 15 is 0 Å². The third-order valence-electron chi connectivity index (χ3n) is 4.39. The van der Waals surface area contributed by atoms with Gasteiger partial charge in [0.1, 0.15) is 6.04 Å². The van der Waals surface area contributed by atoms with E-state index in [0.29, 0.717) is 12.8 Å². The summed E-state index contributed by atoms with van der Waals surface area (Å²) in [7, 11) is 0. The summed E-state index contributed by atoms with van der Waals surface area (Å²) in [6, 6.07) is 15.7. The maximum Gasteiger partial charge on any atom is 0.240 e. The first-order valence-corrected chi connectivity index (χ1v) is 8.49. The van der Waals surface area contributed by atoms with E-state index in [2.05, 4.69) is 10.3 Å². The number of fused-ring (bicyclic) bond motifs is 1. The average molecular weight is 350 g/mol. The summed E-state index contributed by atoms with van der Waals surface area (Å²) in [5.74, 6) is -0.975. The molecule has 0 spiro atoms. The van der Waals surface area contributed by atoms with Crippen molar-refractivity contribution in [3.05, 3.63) is 71.9 Å². The summed E-state index contributed by atoms with van der Waals surface area (Å²) in [5.41, 5.74) is 14.4. The number of para-hydroxylation sites is 1. The number of carbonyl (C=O) groups excluding carboxylic acids is 2. The number of benzene rings is 2. The molecule has 0 radical (unpaired) electrons. The first-order valence-electron chi connectivity index (χ1n) is 8.49. The number of hydrogen-bond donors (Lipinski definition) is 4. The van der Waals surface area contributed by atoms with Crippen molar-refractivity contribution in [3.63, 3.8) is 0 Å². The molecule has 2 amide bonds.